The molecule has 0 saturated heterocycles. The molecule has 11 nitrogen and oxygen atoms in total. The molecule has 282 valence electrons. The molecule has 0 heterocycles. The van der Waals surface area contributed by atoms with Crippen LogP contribution in [0.3, 0.4) is 0 Å². The lowest BCUT2D eigenvalue weighted by molar-refractivity contribution is -0.135. The number of unbranched alkanes of at least 4 members (excludes halogenated alkanes) is 2. The summed E-state index contributed by atoms with van der Waals surface area (Å²) in [7, 11) is -1.67. The summed E-state index contributed by atoms with van der Waals surface area (Å²) in [6.07, 6.45) is 4.87. The molecule has 0 saturated carbocycles. The van der Waals surface area contributed by atoms with Crippen LogP contribution in [0.1, 0.15) is 96.6 Å². The number of carbonyl (C=O) groups is 4. The number of ketones is 2. The topological polar surface area (TPSA) is 205 Å². The number of hydrogen-bond donors (Lipinski definition) is 7. The maximum atomic E-state index is 13.4. The van der Waals surface area contributed by atoms with Crippen molar-refractivity contribution in [3.63, 3.8) is 0 Å². The predicted octanol–water partition coefficient (Wildman–Crippen LogP) is 3.49. The van der Waals surface area contributed by atoms with E-state index in [2.05, 4.69) is 66.1 Å². The van der Waals surface area contributed by atoms with Crippen molar-refractivity contribution >= 4 is 30.5 Å². The average Bonchev–Trinajstić information content (AvgIpc) is 3.10. The Morgan fingerprint density at radius 3 is 1.80 bits per heavy atom. The highest BCUT2D eigenvalue weighted by molar-refractivity contribution is 6.43. The number of hydrogen-bond acceptors (Lipinski definition) is 9. The van der Waals surface area contributed by atoms with Crippen LogP contribution in [0.5, 0.6) is 0 Å². The summed E-state index contributed by atoms with van der Waals surface area (Å²) in [4.78, 5) is 52.8. The molecule has 0 bridgehead atoms. The molecule has 6 atom stereocenters. The second-order valence-corrected chi connectivity index (χ2v) is 14.0. The highest BCUT2D eigenvalue weighted by atomic mass is 16.4. The summed E-state index contributed by atoms with van der Waals surface area (Å²) in [5.74, 6) is -3.83. The summed E-state index contributed by atoms with van der Waals surface area (Å²) >= 11 is 0. The fourth-order valence-electron chi connectivity index (χ4n) is 6.01. The molecule has 2 aromatic rings. The fourth-order valence-corrected chi connectivity index (χ4v) is 6.01. The Labute approximate surface area is 304 Å². The summed E-state index contributed by atoms with van der Waals surface area (Å²) < 4.78 is 0. The Bertz CT molecular complexity index is 1350. The Morgan fingerprint density at radius 1 is 0.706 bits per heavy atom. The third-order valence-corrected chi connectivity index (χ3v) is 9.49. The van der Waals surface area contributed by atoms with Crippen molar-refractivity contribution in [2.24, 2.45) is 23.3 Å². The van der Waals surface area contributed by atoms with Crippen LogP contribution in [0.2, 0.25) is 5.82 Å². The van der Waals surface area contributed by atoms with Crippen LogP contribution in [-0.2, 0) is 32.0 Å². The summed E-state index contributed by atoms with van der Waals surface area (Å²) in [5, 5.41) is 34.7. The number of aliphatic hydroxyl groups is 1. The van der Waals surface area contributed by atoms with Crippen molar-refractivity contribution < 1.29 is 34.3 Å². The molecule has 0 unspecified atom stereocenters. The van der Waals surface area contributed by atoms with E-state index in [-0.39, 0.29) is 31.1 Å². The smallest absolute Gasteiger partial charge is 0.427 e. The monoisotopic (exact) mass is 708 g/mol. The average molecular weight is 709 g/mol. The molecule has 51 heavy (non-hydrogen) atoms. The van der Waals surface area contributed by atoms with E-state index in [0.29, 0.717) is 45.1 Å². The Morgan fingerprint density at radius 2 is 1.29 bits per heavy atom. The number of aryl methyl sites for hydroxylation is 2. The third-order valence-electron chi connectivity index (χ3n) is 9.49. The van der Waals surface area contributed by atoms with E-state index < -0.39 is 54.6 Å². The lowest BCUT2D eigenvalue weighted by Crippen LogP contribution is -2.51. The Kier molecular flexibility index (Phi) is 19.9. The second kappa shape index (κ2) is 23.2. The van der Waals surface area contributed by atoms with Crippen molar-refractivity contribution in [3.05, 3.63) is 59.7 Å². The highest BCUT2D eigenvalue weighted by Crippen LogP contribution is 2.23. The number of nitrogens with two attached hydrogens (primary N) is 2. The molecule has 2 aromatic carbocycles. The van der Waals surface area contributed by atoms with E-state index in [0.717, 1.165) is 23.1 Å². The molecule has 0 aromatic heterocycles. The number of nitrogens with one attached hydrogen (secondary N) is 2. The highest BCUT2D eigenvalue weighted by Gasteiger charge is 2.32. The van der Waals surface area contributed by atoms with E-state index in [4.69, 9.17) is 11.5 Å². The number of carbonyl (C=O) groups excluding carboxylic acids is 4. The fraction of sp³-hybridized carbons (Fsp3) is 0.590. The first-order valence-electron chi connectivity index (χ1n) is 18.6. The van der Waals surface area contributed by atoms with Gasteiger partial charge in [0, 0.05) is 24.7 Å². The van der Waals surface area contributed by atoms with Gasteiger partial charge in [-0.05, 0) is 99.5 Å². The summed E-state index contributed by atoms with van der Waals surface area (Å²) in [5.41, 5.74) is 16.1. The van der Waals surface area contributed by atoms with Gasteiger partial charge in [0.05, 0.1) is 12.1 Å². The molecule has 0 radical (unpaired) electrons. The number of amides is 2. The predicted molar refractivity (Wildman–Crippen MR) is 202 cm³/mol. The standard InChI is InChI=1S/C39H61BN4O7/c1-5-6-9-29-11-16-31(17-12-29)32-18-13-30(14-19-32)15-20-33(21-23-42)39(49)44-37(28(4)45)36(47)24-26(2)38(48)43-34(10-7-8-22-41)35(46)25-27(3)40(50)51/h11-14,16-19,26-28,33-34,37,45,50-51H,5-10,15,20-25,41-42H2,1-4H3,(H,43,48)(H,44,49)/t26-,27-,28-,33+,34+,37+/m1/s1. The molecule has 9 N–H and O–H groups in total. The Balaban J connectivity index is 2.01. The van der Waals surface area contributed by atoms with E-state index >= 15 is 0 Å². The van der Waals surface area contributed by atoms with Crippen molar-refractivity contribution in [2.45, 2.75) is 122 Å². The van der Waals surface area contributed by atoms with E-state index in [1.165, 1.54) is 32.3 Å². The first-order chi connectivity index (χ1) is 24.3. The molecule has 2 rings (SSSR count). The molecule has 0 aliphatic carbocycles. The zero-order chi connectivity index (χ0) is 37.9. The number of benzene rings is 2. The van der Waals surface area contributed by atoms with Gasteiger partial charge < -0.3 is 37.3 Å². The van der Waals surface area contributed by atoms with Crippen molar-refractivity contribution in [1.82, 2.24) is 10.6 Å². The van der Waals surface area contributed by atoms with E-state index in [1.54, 1.807) is 6.92 Å². The maximum Gasteiger partial charge on any atom is 0.454 e. The van der Waals surface area contributed by atoms with Gasteiger partial charge in [-0.25, -0.2) is 0 Å². The van der Waals surface area contributed by atoms with Gasteiger partial charge >= 0.3 is 7.12 Å². The van der Waals surface area contributed by atoms with Gasteiger partial charge in [0.25, 0.3) is 0 Å². The molecule has 12 heteroatoms. The quantitative estimate of drug-likeness (QED) is 0.0595. The number of aliphatic hydroxyl groups excluding tert-OH is 1. The molecular formula is C39H61BN4O7. The molecule has 0 spiro atoms. The van der Waals surface area contributed by atoms with Gasteiger partial charge in [-0.3, -0.25) is 19.2 Å². The van der Waals surface area contributed by atoms with Crippen LogP contribution in [0.4, 0.5) is 0 Å². The van der Waals surface area contributed by atoms with Gasteiger partial charge in [-0.15, -0.1) is 0 Å². The third kappa shape index (κ3) is 15.4. The molecule has 0 aliphatic heterocycles. The molecule has 0 aliphatic rings. The minimum Gasteiger partial charge on any atom is -0.427 e. The van der Waals surface area contributed by atoms with Crippen molar-refractivity contribution in [1.29, 1.82) is 0 Å². The SMILES string of the molecule is CCCCc1ccc(-c2ccc(CC[C@@H](CCN)C(=O)N[C@H](C(=O)C[C@@H](C)C(=O)N[C@@H](CCCCN)C(=O)C[C@@H](C)B(O)O)[C@@H](C)O)cc2)cc1. The minimum absolute atomic E-state index is 0.141. The number of Topliss-reactive ketones (excluding diaryl/α,β-unsaturated/α-hetero) is 2. The number of rotatable bonds is 25. The first kappa shape index (κ1) is 43.7. The zero-order valence-electron chi connectivity index (χ0n) is 31.0. The largest absolute Gasteiger partial charge is 0.454 e. The molecule has 2 amide bonds. The second-order valence-electron chi connectivity index (χ2n) is 14.0. The van der Waals surface area contributed by atoms with Crippen molar-refractivity contribution in [3.8, 4) is 11.1 Å². The summed E-state index contributed by atoms with van der Waals surface area (Å²) in [6, 6.07) is 14.8. The van der Waals surface area contributed by atoms with Crippen LogP contribution in [0.25, 0.3) is 11.1 Å². The lowest BCUT2D eigenvalue weighted by Gasteiger charge is -2.25. The Hall–Kier alpha value is -3.42. The van der Waals surface area contributed by atoms with Gasteiger partial charge in [-0.1, -0.05) is 75.7 Å². The van der Waals surface area contributed by atoms with Gasteiger partial charge in [-0.2, -0.15) is 0 Å². The van der Waals surface area contributed by atoms with Crippen LogP contribution in [-0.4, -0.2) is 76.9 Å². The van der Waals surface area contributed by atoms with Crippen LogP contribution < -0.4 is 22.1 Å². The summed E-state index contributed by atoms with van der Waals surface area (Å²) in [6.45, 7) is 7.36. The normalized spacial score (nSPS) is 14.8. The van der Waals surface area contributed by atoms with Crippen molar-refractivity contribution in [2.75, 3.05) is 13.1 Å². The van der Waals surface area contributed by atoms with Crippen LogP contribution >= 0.6 is 0 Å². The van der Waals surface area contributed by atoms with Gasteiger partial charge in [0.1, 0.15) is 6.04 Å². The van der Waals surface area contributed by atoms with Crippen LogP contribution in [0.15, 0.2) is 48.5 Å². The lowest BCUT2D eigenvalue weighted by atomic mass is 9.71. The molecular weight excluding hydrogens is 647 g/mol. The van der Waals surface area contributed by atoms with E-state index in [9.17, 15) is 34.3 Å². The van der Waals surface area contributed by atoms with Gasteiger partial charge in [0.2, 0.25) is 11.8 Å². The first-order valence-corrected chi connectivity index (χ1v) is 18.6. The molecule has 0 fully saturated rings. The zero-order valence-corrected chi connectivity index (χ0v) is 31.0. The van der Waals surface area contributed by atoms with E-state index in [1.807, 2.05) is 0 Å². The minimum atomic E-state index is -1.67. The van der Waals surface area contributed by atoms with Crippen LogP contribution in [0, 0.1) is 11.8 Å². The maximum absolute atomic E-state index is 13.4. The van der Waals surface area contributed by atoms with Gasteiger partial charge in [0.15, 0.2) is 11.6 Å².